The lowest BCUT2D eigenvalue weighted by atomic mass is 10.0. The number of rotatable bonds is 2. The predicted molar refractivity (Wildman–Crippen MR) is 128 cm³/mol. The molecule has 0 spiro atoms. The second kappa shape index (κ2) is 7.96. The SMILES string of the molecule is CN.CN1C(=O)c2cccc(-n3c4ccccc4c4c(-c5cncnc5)cccc43)c2C1=O. The van der Waals surface area contributed by atoms with E-state index in [4.69, 9.17) is 0 Å². The van der Waals surface area contributed by atoms with Crippen LogP contribution in [0, 0.1) is 0 Å². The minimum atomic E-state index is -0.283. The molecule has 33 heavy (non-hydrogen) atoms. The van der Waals surface area contributed by atoms with Crippen LogP contribution >= 0.6 is 0 Å². The highest BCUT2D eigenvalue weighted by Gasteiger charge is 2.35. The first-order valence-electron chi connectivity index (χ1n) is 10.5. The van der Waals surface area contributed by atoms with E-state index in [0.29, 0.717) is 16.8 Å². The molecule has 1 aliphatic rings. The molecule has 3 heterocycles. The van der Waals surface area contributed by atoms with Crippen molar-refractivity contribution >= 4 is 33.6 Å². The molecule has 7 heteroatoms. The van der Waals surface area contributed by atoms with Gasteiger partial charge in [0.25, 0.3) is 11.8 Å². The Labute approximate surface area is 190 Å². The summed E-state index contributed by atoms with van der Waals surface area (Å²) >= 11 is 0. The fourth-order valence-electron chi connectivity index (χ4n) is 4.53. The first-order chi connectivity index (χ1) is 16.2. The van der Waals surface area contributed by atoms with Gasteiger partial charge in [-0.1, -0.05) is 36.4 Å². The molecule has 0 atom stereocenters. The van der Waals surface area contributed by atoms with E-state index in [1.54, 1.807) is 18.5 Å². The van der Waals surface area contributed by atoms with Gasteiger partial charge in [0.05, 0.1) is 27.8 Å². The Kier molecular flexibility index (Phi) is 4.95. The van der Waals surface area contributed by atoms with Crippen LogP contribution in [0.2, 0.25) is 0 Å². The molecule has 0 bridgehead atoms. The number of hydrogen-bond donors (Lipinski definition) is 1. The molecule has 2 N–H and O–H groups in total. The number of fused-ring (bicyclic) bond motifs is 4. The molecule has 0 saturated heterocycles. The number of nitrogens with zero attached hydrogens (tertiary/aromatic N) is 4. The van der Waals surface area contributed by atoms with Crippen LogP contribution in [0.15, 0.2) is 79.4 Å². The Morgan fingerprint density at radius 3 is 2.21 bits per heavy atom. The Morgan fingerprint density at radius 1 is 0.758 bits per heavy atom. The summed E-state index contributed by atoms with van der Waals surface area (Å²) in [6.45, 7) is 0. The number of para-hydroxylation sites is 1. The van der Waals surface area contributed by atoms with Gasteiger partial charge in [0.2, 0.25) is 0 Å². The molecular weight excluding hydrogens is 414 g/mol. The average Bonchev–Trinajstić information content (AvgIpc) is 3.33. The fraction of sp³-hybridized carbons (Fsp3) is 0.0769. The molecule has 7 nitrogen and oxygen atoms in total. The summed E-state index contributed by atoms with van der Waals surface area (Å²) in [5.74, 6) is -0.557. The van der Waals surface area contributed by atoms with E-state index in [2.05, 4.69) is 32.4 Å². The number of amides is 2. The van der Waals surface area contributed by atoms with Gasteiger partial charge in [-0.05, 0) is 36.9 Å². The number of hydrogen-bond acceptors (Lipinski definition) is 5. The highest BCUT2D eigenvalue weighted by molar-refractivity contribution is 6.24. The topological polar surface area (TPSA) is 94.1 Å². The lowest BCUT2D eigenvalue weighted by Gasteiger charge is -2.12. The summed E-state index contributed by atoms with van der Waals surface area (Å²) in [5.41, 5.74) is 9.92. The predicted octanol–water partition coefficient (Wildman–Crippen LogP) is 4.04. The number of carbonyl (C=O) groups is 2. The lowest BCUT2D eigenvalue weighted by Crippen LogP contribution is -2.24. The van der Waals surface area contributed by atoms with Crippen LogP contribution in [-0.2, 0) is 0 Å². The monoisotopic (exact) mass is 435 g/mol. The van der Waals surface area contributed by atoms with E-state index < -0.39 is 0 Å². The van der Waals surface area contributed by atoms with Gasteiger partial charge in [-0.2, -0.15) is 0 Å². The molecule has 1 aliphatic heterocycles. The molecule has 162 valence electrons. The van der Waals surface area contributed by atoms with Gasteiger partial charge in [-0.25, -0.2) is 9.97 Å². The lowest BCUT2D eigenvalue weighted by molar-refractivity contribution is 0.0693. The maximum absolute atomic E-state index is 13.0. The molecule has 5 aromatic rings. The van der Waals surface area contributed by atoms with Crippen LogP contribution in [0.3, 0.4) is 0 Å². The average molecular weight is 435 g/mol. The molecule has 0 fully saturated rings. The second-order valence-corrected chi connectivity index (χ2v) is 7.55. The standard InChI is InChI=1S/C25H16N4O2.CH5N/c1-28-24(30)18-8-5-11-21(23(18)25(28)31)29-19-9-3-2-6-17(19)22-16(7-4-10-20(22)29)15-12-26-14-27-13-15;1-2/h2-14H,1H3;2H2,1H3. The number of aromatic nitrogens is 3. The van der Waals surface area contributed by atoms with Gasteiger partial charge < -0.3 is 10.3 Å². The van der Waals surface area contributed by atoms with Crippen molar-refractivity contribution in [2.24, 2.45) is 5.73 Å². The van der Waals surface area contributed by atoms with Crippen LogP contribution in [0.4, 0.5) is 0 Å². The van der Waals surface area contributed by atoms with Crippen LogP contribution in [0.5, 0.6) is 0 Å². The summed E-state index contributed by atoms with van der Waals surface area (Å²) in [4.78, 5) is 35.1. The Hall–Kier alpha value is -4.36. The van der Waals surface area contributed by atoms with Crippen LogP contribution in [0.25, 0.3) is 38.6 Å². The van der Waals surface area contributed by atoms with Crippen molar-refractivity contribution in [1.82, 2.24) is 19.4 Å². The second-order valence-electron chi connectivity index (χ2n) is 7.55. The molecular formula is C26H21N5O2. The van der Waals surface area contributed by atoms with Crippen molar-refractivity contribution in [2.75, 3.05) is 14.1 Å². The van der Waals surface area contributed by atoms with Crippen molar-refractivity contribution in [3.05, 3.63) is 90.5 Å². The largest absolute Gasteiger partial charge is 0.333 e. The third-order valence-electron chi connectivity index (χ3n) is 5.91. The third kappa shape index (κ3) is 2.94. The zero-order chi connectivity index (χ0) is 23.1. The molecule has 3 aromatic carbocycles. The number of imide groups is 1. The van der Waals surface area contributed by atoms with E-state index >= 15 is 0 Å². The summed E-state index contributed by atoms with van der Waals surface area (Å²) in [6, 6.07) is 19.6. The quantitative estimate of drug-likeness (QED) is 0.422. The van der Waals surface area contributed by atoms with E-state index in [9.17, 15) is 9.59 Å². The first-order valence-corrected chi connectivity index (χ1v) is 10.5. The zero-order valence-electron chi connectivity index (χ0n) is 18.2. The third-order valence-corrected chi connectivity index (χ3v) is 5.91. The molecule has 2 amide bonds. The van der Waals surface area contributed by atoms with Crippen molar-refractivity contribution in [2.45, 2.75) is 0 Å². The van der Waals surface area contributed by atoms with E-state index in [1.165, 1.54) is 25.3 Å². The normalized spacial score (nSPS) is 12.8. The van der Waals surface area contributed by atoms with Gasteiger partial charge in [-0.3, -0.25) is 14.5 Å². The van der Waals surface area contributed by atoms with Gasteiger partial charge in [0.15, 0.2) is 0 Å². The van der Waals surface area contributed by atoms with Crippen LogP contribution < -0.4 is 5.73 Å². The number of benzene rings is 3. The molecule has 6 rings (SSSR count). The van der Waals surface area contributed by atoms with E-state index in [0.717, 1.165) is 32.9 Å². The van der Waals surface area contributed by atoms with Crippen molar-refractivity contribution in [3.63, 3.8) is 0 Å². The molecule has 0 unspecified atom stereocenters. The molecule has 0 aliphatic carbocycles. The minimum absolute atomic E-state index is 0.273. The zero-order valence-corrected chi connectivity index (χ0v) is 18.2. The van der Waals surface area contributed by atoms with Gasteiger partial charge in [0.1, 0.15) is 6.33 Å². The maximum atomic E-state index is 13.0. The highest BCUT2D eigenvalue weighted by atomic mass is 16.2. The maximum Gasteiger partial charge on any atom is 0.263 e. The Balaban J connectivity index is 0.00000111. The summed E-state index contributed by atoms with van der Waals surface area (Å²) in [6.07, 6.45) is 5.11. The van der Waals surface area contributed by atoms with E-state index in [1.807, 2.05) is 42.5 Å². The van der Waals surface area contributed by atoms with Crippen LogP contribution in [0.1, 0.15) is 20.7 Å². The highest BCUT2D eigenvalue weighted by Crippen LogP contribution is 2.39. The Bertz CT molecular complexity index is 1540. The van der Waals surface area contributed by atoms with Gasteiger partial charge in [0, 0.05) is 35.8 Å². The van der Waals surface area contributed by atoms with Crippen molar-refractivity contribution < 1.29 is 9.59 Å². The summed E-state index contributed by atoms with van der Waals surface area (Å²) in [7, 11) is 3.02. The van der Waals surface area contributed by atoms with Gasteiger partial charge in [-0.15, -0.1) is 0 Å². The molecule has 2 aromatic heterocycles. The minimum Gasteiger partial charge on any atom is -0.333 e. The number of nitrogens with two attached hydrogens (primary N) is 1. The van der Waals surface area contributed by atoms with Crippen molar-refractivity contribution in [1.29, 1.82) is 0 Å². The summed E-state index contributed by atoms with van der Waals surface area (Å²) in [5, 5.41) is 2.11. The number of carbonyl (C=O) groups excluding carboxylic acids is 2. The smallest absolute Gasteiger partial charge is 0.263 e. The first kappa shape index (κ1) is 20.5. The molecule has 0 saturated carbocycles. The van der Waals surface area contributed by atoms with Crippen LogP contribution in [-0.4, -0.2) is 45.3 Å². The van der Waals surface area contributed by atoms with Crippen molar-refractivity contribution in [3.8, 4) is 16.8 Å². The van der Waals surface area contributed by atoms with Gasteiger partial charge >= 0.3 is 0 Å². The Morgan fingerprint density at radius 2 is 1.42 bits per heavy atom. The summed E-state index contributed by atoms with van der Waals surface area (Å²) < 4.78 is 2.07. The molecule has 0 radical (unpaired) electrons. The van der Waals surface area contributed by atoms with E-state index in [-0.39, 0.29) is 11.8 Å². The fourth-order valence-corrected chi connectivity index (χ4v) is 4.53.